The van der Waals surface area contributed by atoms with Gasteiger partial charge in [0, 0.05) is 16.9 Å². The van der Waals surface area contributed by atoms with Crippen LogP contribution in [0.5, 0.6) is 0 Å². The average Bonchev–Trinajstić information content (AvgIpc) is 3.24. The Morgan fingerprint density at radius 2 is 1.66 bits per heavy atom. The highest BCUT2D eigenvalue weighted by Crippen LogP contribution is 2.27. The van der Waals surface area contributed by atoms with Crippen molar-refractivity contribution < 1.29 is 14.3 Å². The first-order valence-corrected chi connectivity index (χ1v) is 11.7. The molecule has 4 aromatic rings. The Bertz CT molecular complexity index is 1350. The van der Waals surface area contributed by atoms with E-state index in [2.05, 4.69) is 31.4 Å². The van der Waals surface area contributed by atoms with E-state index in [-0.39, 0.29) is 23.8 Å². The first-order chi connectivity index (χ1) is 16.7. The maximum Gasteiger partial charge on any atom is 0.324 e. The molecule has 0 bridgehead atoms. The highest BCUT2D eigenvalue weighted by Gasteiger charge is 2.22. The number of benzene rings is 3. The molecule has 0 atom stereocenters. The minimum atomic E-state index is -0.359. The molecule has 0 spiro atoms. The van der Waals surface area contributed by atoms with Crippen molar-refractivity contribution in [2.45, 2.75) is 39.5 Å². The Labute approximate surface area is 205 Å². The van der Waals surface area contributed by atoms with Crippen molar-refractivity contribution in [3.63, 3.8) is 0 Å². The molecule has 1 aromatic heterocycles. The molecule has 0 aliphatic heterocycles. The first kappa shape index (κ1) is 24.0. The molecule has 0 aliphatic rings. The van der Waals surface area contributed by atoms with E-state index < -0.39 is 0 Å². The van der Waals surface area contributed by atoms with E-state index in [1.165, 1.54) is 0 Å². The van der Waals surface area contributed by atoms with Crippen molar-refractivity contribution in [2.75, 3.05) is 17.2 Å². The fourth-order valence-electron chi connectivity index (χ4n) is 3.77. The number of ether oxygens (including phenoxy) is 1. The van der Waals surface area contributed by atoms with Crippen LogP contribution in [0.4, 0.5) is 16.3 Å². The highest BCUT2D eigenvalue weighted by molar-refractivity contribution is 6.06. The summed E-state index contributed by atoms with van der Waals surface area (Å²) in [5.74, 6) is 0.285. The van der Waals surface area contributed by atoms with E-state index in [4.69, 9.17) is 9.84 Å². The number of nitrogens with one attached hydrogen (secondary N) is 2. The number of amides is 2. The smallest absolute Gasteiger partial charge is 0.324 e. The number of nitrogens with zero attached hydrogens (tertiary/aromatic N) is 2. The number of hydrogen-bond donors (Lipinski definition) is 2. The van der Waals surface area contributed by atoms with Gasteiger partial charge in [-0.05, 0) is 36.1 Å². The summed E-state index contributed by atoms with van der Waals surface area (Å²) in [5.41, 5.74) is 2.98. The second-order valence-electron chi connectivity index (χ2n) is 9.33. The molecular weight excluding hydrogens is 440 g/mol. The van der Waals surface area contributed by atoms with Crippen molar-refractivity contribution in [1.82, 2.24) is 9.78 Å². The highest BCUT2D eigenvalue weighted by atomic mass is 16.5. The summed E-state index contributed by atoms with van der Waals surface area (Å²) in [6.45, 7) is 8.36. The van der Waals surface area contributed by atoms with Crippen molar-refractivity contribution in [2.24, 2.45) is 0 Å². The Balaban J connectivity index is 1.59. The third-order valence-electron chi connectivity index (χ3n) is 5.59. The Hall–Kier alpha value is -4.13. The summed E-state index contributed by atoms with van der Waals surface area (Å²) in [7, 11) is 0. The molecular formula is C28H30N4O3. The third-order valence-corrected chi connectivity index (χ3v) is 5.59. The molecule has 0 radical (unpaired) electrons. The van der Waals surface area contributed by atoms with Crippen LogP contribution in [0.3, 0.4) is 0 Å². The maximum atomic E-state index is 13.0. The molecule has 180 valence electrons. The van der Waals surface area contributed by atoms with Gasteiger partial charge in [-0.15, -0.1) is 0 Å². The average molecular weight is 471 g/mol. The molecule has 4 rings (SSSR count). The number of esters is 1. The minimum Gasteiger partial charge on any atom is -0.466 e. The van der Waals surface area contributed by atoms with Gasteiger partial charge in [0.25, 0.3) is 0 Å². The van der Waals surface area contributed by atoms with E-state index in [9.17, 15) is 9.59 Å². The van der Waals surface area contributed by atoms with Gasteiger partial charge >= 0.3 is 12.0 Å². The van der Waals surface area contributed by atoms with Gasteiger partial charge in [-0.3, -0.25) is 10.1 Å². The van der Waals surface area contributed by atoms with E-state index >= 15 is 0 Å². The summed E-state index contributed by atoms with van der Waals surface area (Å²) in [5, 5.41) is 12.7. The standard InChI is InChI=1S/C28H30N4O3/c1-5-35-26(33)17-19-13-15-21(16-14-19)32-25(18-24(31-32)28(2,3)4)30-27(34)29-23-12-8-10-20-9-6-7-11-22(20)23/h6-16,18H,5,17H2,1-4H3,(H2,29,30,34). The molecule has 35 heavy (non-hydrogen) atoms. The van der Waals surface area contributed by atoms with Gasteiger partial charge in [0.1, 0.15) is 5.82 Å². The number of carbonyl (C=O) groups excluding carboxylic acids is 2. The number of carbonyl (C=O) groups is 2. The number of aromatic nitrogens is 2. The maximum absolute atomic E-state index is 13.0. The van der Waals surface area contributed by atoms with Crippen LogP contribution in [0, 0.1) is 0 Å². The quantitative estimate of drug-likeness (QED) is 0.335. The lowest BCUT2D eigenvalue weighted by atomic mass is 9.92. The van der Waals surface area contributed by atoms with E-state index in [0.717, 1.165) is 33.4 Å². The largest absolute Gasteiger partial charge is 0.466 e. The van der Waals surface area contributed by atoms with Crippen LogP contribution in [0.25, 0.3) is 16.5 Å². The van der Waals surface area contributed by atoms with Gasteiger partial charge in [0.05, 0.1) is 30.1 Å². The van der Waals surface area contributed by atoms with Crippen LogP contribution in [0.1, 0.15) is 39.0 Å². The van der Waals surface area contributed by atoms with Crippen molar-refractivity contribution in [3.05, 3.63) is 84.1 Å². The molecule has 0 saturated heterocycles. The summed E-state index contributed by atoms with van der Waals surface area (Å²) in [6.07, 6.45) is 0.207. The molecule has 7 nitrogen and oxygen atoms in total. The molecule has 2 amide bonds. The normalized spacial score (nSPS) is 11.3. The monoisotopic (exact) mass is 470 g/mol. The van der Waals surface area contributed by atoms with Gasteiger partial charge in [-0.25, -0.2) is 9.48 Å². The summed E-state index contributed by atoms with van der Waals surface area (Å²) in [4.78, 5) is 24.8. The number of anilines is 2. The summed E-state index contributed by atoms with van der Waals surface area (Å²) < 4.78 is 6.73. The predicted octanol–water partition coefficient (Wildman–Crippen LogP) is 6.07. The van der Waals surface area contributed by atoms with Gasteiger partial charge in [0.2, 0.25) is 0 Å². The Kier molecular flexibility index (Phi) is 6.87. The molecule has 0 unspecified atom stereocenters. The lowest BCUT2D eigenvalue weighted by Gasteiger charge is -2.14. The summed E-state index contributed by atoms with van der Waals surface area (Å²) in [6, 6.07) is 22.7. The molecule has 0 saturated carbocycles. The van der Waals surface area contributed by atoms with Gasteiger partial charge in [-0.1, -0.05) is 69.3 Å². The van der Waals surface area contributed by atoms with Crippen LogP contribution in [-0.2, 0) is 21.4 Å². The second-order valence-corrected chi connectivity index (χ2v) is 9.33. The van der Waals surface area contributed by atoms with Crippen LogP contribution in [-0.4, -0.2) is 28.4 Å². The molecule has 0 aliphatic carbocycles. The topological polar surface area (TPSA) is 85.2 Å². The van der Waals surface area contributed by atoms with Crippen LogP contribution in [0.2, 0.25) is 0 Å². The van der Waals surface area contributed by atoms with Gasteiger partial charge < -0.3 is 10.1 Å². The van der Waals surface area contributed by atoms with Gasteiger partial charge in [-0.2, -0.15) is 5.10 Å². The molecule has 0 fully saturated rings. The zero-order valence-electron chi connectivity index (χ0n) is 20.5. The number of hydrogen-bond acceptors (Lipinski definition) is 4. The summed E-state index contributed by atoms with van der Waals surface area (Å²) >= 11 is 0. The van der Waals surface area contributed by atoms with E-state index in [0.29, 0.717) is 12.4 Å². The molecule has 2 N–H and O–H groups in total. The molecule has 7 heteroatoms. The predicted molar refractivity (Wildman–Crippen MR) is 139 cm³/mol. The second kappa shape index (κ2) is 10.0. The van der Waals surface area contributed by atoms with Crippen LogP contribution < -0.4 is 10.6 Å². The SMILES string of the molecule is CCOC(=O)Cc1ccc(-n2nc(C(C)(C)C)cc2NC(=O)Nc2cccc3ccccc23)cc1. The lowest BCUT2D eigenvalue weighted by Crippen LogP contribution is -2.21. The molecule has 3 aromatic carbocycles. The van der Waals surface area contributed by atoms with E-state index in [1.807, 2.05) is 72.8 Å². The number of fused-ring (bicyclic) bond motifs is 1. The first-order valence-electron chi connectivity index (χ1n) is 11.7. The zero-order valence-corrected chi connectivity index (χ0v) is 20.5. The lowest BCUT2D eigenvalue weighted by molar-refractivity contribution is -0.142. The molecule has 1 heterocycles. The fraction of sp³-hybridized carbons (Fsp3) is 0.250. The van der Waals surface area contributed by atoms with Crippen molar-refractivity contribution >= 4 is 34.3 Å². The zero-order chi connectivity index (χ0) is 25.0. The van der Waals surface area contributed by atoms with Crippen LogP contribution in [0.15, 0.2) is 72.8 Å². The number of urea groups is 1. The third kappa shape index (κ3) is 5.69. The Morgan fingerprint density at radius 1 is 0.943 bits per heavy atom. The Morgan fingerprint density at radius 3 is 2.37 bits per heavy atom. The minimum absolute atomic E-state index is 0.207. The van der Waals surface area contributed by atoms with Crippen molar-refractivity contribution in [3.8, 4) is 5.69 Å². The number of rotatable bonds is 6. The van der Waals surface area contributed by atoms with Crippen LogP contribution >= 0.6 is 0 Å². The fourth-order valence-corrected chi connectivity index (χ4v) is 3.77. The van der Waals surface area contributed by atoms with E-state index in [1.54, 1.807) is 11.6 Å². The van der Waals surface area contributed by atoms with Gasteiger partial charge in [0.15, 0.2) is 0 Å². The van der Waals surface area contributed by atoms with Crippen molar-refractivity contribution in [1.29, 1.82) is 0 Å².